The molecule has 6 nitrogen and oxygen atoms in total. The van der Waals surface area contributed by atoms with Gasteiger partial charge in [-0.2, -0.15) is 0 Å². The molecule has 1 saturated heterocycles. The fraction of sp³-hybridized carbons (Fsp3) is 0.733. The minimum Gasteiger partial charge on any atom is -0.444 e. The highest BCUT2D eigenvalue weighted by Gasteiger charge is 2.10. The lowest BCUT2D eigenvalue weighted by Crippen LogP contribution is -2.42. The van der Waals surface area contributed by atoms with E-state index in [0.29, 0.717) is 12.4 Å². The van der Waals surface area contributed by atoms with Crippen LogP contribution >= 0.6 is 0 Å². The third-order valence-corrected chi connectivity index (χ3v) is 3.87. The number of oxazole rings is 1. The number of hydrogen-bond donors (Lipinski definition) is 2. The maximum atomic E-state index is 5.54. The average Bonchev–Trinajstić information content (AvgIpc) is 2.82. The van der Waals surface area contributed by atoms with Gasteiger partial charge < -0.3 is 20.0 Å². The summed E-state index contributed by atoms with van der Waals surface area (Å²) in [5.74, 6) is 2.37. The Labute approximate surface area is 127 Å². The molecule has 2 N–H and O–H groups in total. The minimum atomic E-state index is 0.554. The van der Waals surface area contributed by atoms with Gasteiger partial charge in [0.2, 0.25) is 5.89 Å². The van der Waals surface area contributed by atoms with E-state index in [1.807, 2.05) is 13.8 Å². The van der Waals surface area contributed by atoms with E-state index in [2.05, 4.69) is 25.5 Å². The Kier molecular flexibility index (Phi) is 6.04. The van der Waals surface area contributed by atoms with Crippen molar-refractivity contribution in [1.82, 2.24) is 20.5 Å². The zero-order valence-corrected chi connectivity index (χ0v) is 13.4. The Morgan fingerprint density at radius 3 is 2.62 bits per heavy atom. The van der Waals surface area contributed by atoms with E-state index >= 15 is 0 Å². The number of aromatic nitrogens is 1. The van der Waals surface area contributed by atoms with Crippen LogP contribution in [0, 0.1) is 13.8 Å². The van der Waals surface area contributed by atoms with Crippen molar-refractivity contribution in [3.05, 3.63) is 17.3 Å². The highest BCUT2D eigenvalue weighted by molar-refractivity contribution is 5.79. The summed E-state index contributed by atoms with van der Waals surface area (Å²) in [7, 11) is 1.78. The van der Waals surface area contributed by atoms with Crippen LogP contribution in [-0.2, 0) is 6.54 Å². The van der Waals surface area contributed by atoms with Crippen LogP contribution < -0.4 is 10.6 Å². The molecule has 1 aromatic rings. The zero-order valence-electron chi connectivity index (χ0n) is 13.4. The number of nitrogens with one attached hydrogen (secondary N) is 2. The maximum Gasteiger partial charge on any atom is 0.214 e. The molecule has 0 radical (unpaired) electrons. The number of hydrogen-bond acceptors (Lipinski definition) is 4. The quantitative estimate of drug-likeness (QED) is 0.635. The molecule has 1 aliphatic heterocycles. The van der Waals surface area contributed by atoms with Gasteiger partial charge in [-0.15, -0.1) is 0 Å². The van der Waals surface area contributed by atoms with Gasteiger partial charge in [-0.25, -0.2) is 4.98 Å². The molecule has 0 bridgehead atoms. The molecule has 2 rings (SSSR count). The fourth-order valence-electron chi connectivity index (χ4n) is 2.51. The van der Waals surface area contributed by atoms with Crippen LogP contribution in [0.15, 0.2) is 9.41 Å². The SMILES string of the molecule is CN=C(NCCN1CCCCC1)NCc1nc(C)c(C)o1. The van der Waals surface area contributed by atoms with Gasteiger partial charge in [-0.1, -0.05) is 6.42 Å². The van der Waals surface area contributed by atoms with E-state index in [1.165, 1.54) is 32.4 Å². The summed E-state index contributed by atoms with van der Waals surface area (Å²) in [5.41, 5.74) is 0.944. The van der Waals surface area contributed by atoms with Gasteiger partial charge in [0.05, 0.1) is 12.2 Å². The minimum absolute atomic E-state index is 0.554. The van der Waals surface area contributed by atoms with Gasteiger partial charge in [0, 0.05) is 20.1 Å². The van der Waals surface area contributed by atoms with E-state index in [-0.39, 0.29) is 0 Å². The van der Waals surface area contributed by atoms with E-state index in [0.717, 1.165) is 30.5 Å². The Hall–Kier alpha value is -1.56. The van der Waals surface area contributed by atoms with Crippen molar-refractivity contribution in [3.8, 4) is 0 Å². The number of aryl methyl sites for hydroxylation is 2. The van der Waals surface area contributed by atoms with E-state index in [9.17, 15) is 0 Å². The Morgan fingerprint density at radius 1 is 1.24 bits per heavy atom. The van der Waals surface area contributed by atoms with Crippen molar-refractivity contribution < 1.29 is 4.42 Å². The zero-order chi connectivity index (χ0) is 15.1. The van der Waals surface area contributed by atoms with Gasteiger partial charge in [-0.05, 0) is 39.8 Å². The lowest BCUT2D eigenvalue weighted by Gasteiger charge is -2.26. The highest BCUT2D eigenvalue weighted by Crippen LogP contribution is 2.08. The molecule has 0 unspecified atom stereocenters. The molecular formula is C15H27N5O. The van der Waals surface area contributed by atoms with Crippen molar-refractivity contribution in [2.24, 2.45) is 4.99 Å². The van der Waals surface area contributed by atoms with Crippen LogP contribution in [0.5, 0.6) is 0 Å². The summed E-state index contributed by atoms with van der Waals surface area (Å²) in [6.45, 7) is 8.86. The Balaban J connectivity index is 1.68. The number of rotatable bonds is 5. The second-order valence-corrected chi connectivity index (χ2v) is 5.50. The van der Waals surface area contributed by atoms with Crippen LogP contribution in [0.3, 0.4) is 0 Å². The van der Waals surface area contributed by atoms with Crippen molar-refractivity contribution in [2.75, 3.05) is 33.2 Å². The number of guanidine groups is 1. The standard InChI is InChI=1S/C15H27N5O/c1-12-13(2)21-14(19-12)11-18-15(16-3)17-7-10-20-8-5-4-6-9-20/h4-11H2,1-3H3,(H2,16,17,18). The normalized spacial score (nSPS) is 17.0. The molecule has 6 heteroatoms. The molecular weight excluding hydrogens is 266 g/mol. The topological polar surface area (TPSA) is 65.7 Å². The number of likely N-dealkylation sites (tertiary alicyclic amines) is 1. The molecule has 2 heterocycles. The molecule has 21 heavy (non-hydrogen) atoms. The smallest absolute Gasteiger partial charge is 0.214 e. The van der Waals surface area contributed by atoms with E-state index < -0.39 is 0 Å². The predicted molar refractivity (Wildman–Crippen MR) is 84.5 cm³/mol. The monoisotopic (exact) mass is 293 g/mol. The lowest BCUT2D eigenvalue weighted by atomic mass is 10.1. The fourth-order valence-corrected chi connectivity index (χ4v) is 2.51. The lowest BCUT2D eigenvalue weighted by molar-refractivity contribution is 0.232. The molecule has 0 aromatic carbocycles. The molecule has 0 atom stereocenters. The number of aliphatic imine (C=N–C) groups is 1. The largest absolute Gasteiger partial charge is 0.444 e. The first kappa shape index (κ1) is 15.8. The molecule has 1 aromatic heterocycles. The predicted octanol–water partition coefficient (Wildman–Crippen LogP) is 1.44. The molecule has 118 valence electrons. The first-order valence-electron chi connectivity index (χ1n) is 7.79. The Bertz CT molecular complexity index is 443. The first-order valence-corrected chi connectivity index (χ1v) is 7.79. The van der Waals surface area contributed by atoms with Crippen LogP contribution in [0.1, 0.15) is 36.6 Å². The van der Waals surface area contributed by atoms with Crippen molar-refractivity contribution >= 4 is 5.96 Å². The van der Waals surface area contributed by atoms with Crippen molar-refractivity contribution in [1.29, 1.82) is 0 Å². The van der Waals surface area contributed by atoms with Gasteiger partial charge in [-0.3, -0.25) is 4.99 Å². The van der Waals surface area contributed by atoms with Gasteiger partial charge in [0.25, 0.3) is 0 Å². The van der Waals surface area contributed by atoms with Gasteiger partial charge in [0.15, 0.2) is 5.96 Å². The molecule has 0 saturated carbocycles. The summed E-state index contributed by atoms with van der Waals surface area (Å²) >= 11 is 0. The number of piperidine rings is 1. The molecule has 0 aliphatic carbocycles. The van der Waals surface area contributed by atoms with Crippen LogP contribution in [0.25, 0.3) is 0 Å². The van der Waals surface area contributed by atoms with Crippen LogP contribution in [0.4, 0.5) is 0 Å². The van der Waals surface area contributed by atoms with Crippen molar-refractivity contribution in [2.45, 2.75) is 39.7 Å². The summed E-state index contributed by atoms with van der Waals surface area (Å²) in [4.78, 5) is 11.1. The maximum absolute atomic E-state index is 5.54. The average molecular weight is 293 g/mol. The summed E-state index contributed by atoms with van der Waals surface area (Å²) in [6, 6.07) is 0. The molecule has 1 aliphatic rings. The Morgan fingerprint density at radius 2 is 2.00 bits per heavy atom. The number of nitrogens with zero attached hydrogens (tertiary/aromatic N) is 3. The molecule has 0 spiro atoms. The van der Waals surface area contributed by atoms with Crippen LogP contribution in [-0.4, -0.2) is 49.1 Å². The summed E-state index contributed by atoms with van der Waals surface area (Å²) in [6.07, 6.45) is 4.04. The van der Waals surface area contributed by atoms with Crippen molar-refractivity contribution in [3.63, 3.8) is 0 Å². The highest BCUT2D eigenvalue weighted by atomic mass is 16.4. The van der Waals surface area contributed by atoms with Crippen LogP contribution in [0.2, 0.25) is 0 Å². The van der Waals surface area contributed by atoms with Gasteiger partial charge in [0.1, 0.15) is 5.76 Å². The summed E-state index contributed by atoms with van der Waals surface area (Å²) in [5, 5.41) is 6.56. The second kappa shape index (κ2) is 8.02. The van der Waals surface area contributed by atoms with E-state index in [4.69, 9.17) is 4.42 Å². The second-order valence-electron chi connectivity index (χ2n) is 5.50. The third kappa shape index (κ3) is 5.04. The molecule has 1 fully saturated rings. The van der Waals surface area contributed by atoms with Gasteiger partial charge >= 0.3 is 0 Å². The molecule has 0 amide bonds. The first-order chi connectivity index (χ1) is 10.2. The summed E-state index contributed by atoms with van der Waals surface area (Å²) < 4.78 is 5.54. The third-order valence-electron chi connectivity index (χ3n) is 3.87. The van der Waals surface area contributed by atoms with E-state index in [1.54, 1.807) is 7.05 Å².